The van der Waals surface area contributed by atoms with E-state index in [2.05, 4.69) is 19.1 Å². The minimum absolute atomic E-state index is 0.533. The Bertz CT molecular complexity index is 410. The maximum atomic E-state index is 8.75. The van der Waals surface area contributed by atoms with E-state index in [9.17, 15) is 0 Å². The van der Waals surface area contributed by atoms with Crippen LogP contribution < -0.4 is 0 Å². The van der Waals surface area contributed by atoms with Crippen LogP contribution in [-0.2, 0) is 6.42 Å². The van der Waals surface area contributed by atoms with Gasteiger partial charge in [-0.15, -0.1) is 0 Å². The Morgan fingerprint density at radius 1 is 1.07 bits per heavy atom. The summed E-state index contributed by atoms with van der Waals surface area (Å²) in [7, 11) is 0. The van der Waals surface area contributed by atoms with Crippen molar-refractivity contribution in [3.05, 3.63) is 34.4 Å². The average molecular weight is 198 g/mol. The van der Waals surface area contributed by atoms with Gasteiger partial charge in [0.05, 0.1) is 12.1 Å². The molecular formula is C13H14N2. The molecule has 0 saturated heterocycles. The third-order valence-corrected chi connectivity index (χ3v) is 2.56. The van der Waals surface area contributed by atoms with E-state index in [-0.39, 0.29) is 0 Å². The number of nitrogens with zero attached hydrogens (tertiary/aromatic N) is 2. The Balaban J connectivity index is 3.07. The third kappa shape index (κ3) is 2.58. The van der Waals surface area contributed by atoms with Crippen molar-refractivity contribution in [1.82, 2.24) is 0 Å². The van der Waals surface area contributed by atoms with E-state index < -0.39 is 5.92 Å². The van der Waals surface area contributed by atoms with Crippen LogP contribution in [0.4, 0.5) is 0 Å². The van der Waals surface area contributed by atoms with Crippen LogP contribution in [0.3, 0.4) is 0 Å². The van der Waals surface area contributed by atoms with Crippen molar-refractivity contribution in [2.45, 2.75) is 27.2 Å². The van der Waals surface area contributed by atoms with Crippen molar-refractivity contribution < 1.29 is 0 Å². The van der Waals surface area contributed by atoms with Crippen LogP contribution >= 0.6 is 0 Å². The lowest BCUT2D eigenvalue weighted by Crippen LogP contribution is -2.03. The first-order valence-electron chi connectivity index (χ1n) is 4.94. The first kappa shape index (κ1) is 11.3. The average Bonchev–Trinajstić information content (AvgIpc) is 2.17. The minimum Gasteiger partial charge on any atom is -0.197 e. The predicted octanol–water partition coefficient (Wildman–Crippen LogP) is 2.82. The molecule has 0 amide bonds. The SMILES string of the molecule is Cc1cc(C)c(CC(C#N)C#N)c(C)c1. The van der Waals surface area contributed by atoms with Crippen molar-refractivity contribution in [2.24, 2.45) is 5.92 Å². The van der Waals surface area contributed by atoms with Crippen LogP contribution in [0.5, 0.6) is 0 Å². The normalized spacial score (nSPS) is 9.73. The summed E-state index contributed by atoms with van der Waals surface area (Å²) < 4.78 is 0. The molecule has 0 atom stereocenters. The fourth-order valence-electron chi connectivity index (χ4n) is 1.86. The van der Waals surface area contributed by atoms with Gasteiger partial charge in [0.25, 0.3) is 0 Å². The van der Waals surface area contributed by atoms with Gasteiger partial charge < -0.3 is 0 Å². The highest BCUT2D eigenvalue weighted by Gasteiger charge is 2.11. The zero-order chi connectivity index (χ0) is 11.4. The molecule has 0 heterocycles. The zero-order valence-corrected chi connectivity index (χ0v) is 9.33. The summed E-state index contributed by atoms with van der Waals surface area (Å²) in [5.41, 5.74) is 4.69. The second-order valence-corrected chi connectivity index (χ2v) is 3.89. The van der Waals surface area contributed by atoms with Gasteiger partial charge >= 0.3 is 0 Å². The summed E-state index contributed by atoms with van der Waals surface area (Å²) in [4.78, 5) is 0. The maximum Gasteiger partial charge on any atom is 0.137 e. The molecule has 1 aromatic rings. The van der Waals surface area contributed by atoms with E-state index in [1.807, 2.05) is 26.0 Å². The fourth-order valence-corrected chi connectivity index (χ4v) is 1.86. The predicted molar refractivity (Wildman–Crippen MR) is 59.1 cm³/mol. The maximum absolute atomic E-state index is 8.75. The molecule has 2 nitrogen and oxygen atoms in total. The summed E-state index contributed by atoms with van der Waals surface area (Å²) in [5.74, 6) is -0.537. The monoisotopic (exact) mass is 198 g/mol. The summed E-state index contributed by atoms with van der Waals surface area (Å²) >= 11 is 0. The quantitative estimate of drug-likeness (QED) is 0.733. The molecule has 0 aliphatic heterocycles. The second kappa shape index (κ2) is 4.62. The third-order valence-electron chi connectivity index (χ3n) is 2.56. The smallest absolute Gasteiger partial charge is 0.137 e. The van der Waals surface area contributed by atoms with Crippen LogP contribution in [0.2, 0.25) is 0 Å². The van der Waals surface area contributed by atoms with Gasteiger partial charge in [0.1, 0.15) is 5.92 Å². The Morgan fingerprint density at radius 2 is 1.53 bits per heavy atom. The molecule has 0 aliphatic carbocycles. The summed E-state index contributed by atoms with van der Waals surface area (Å²) in [5, 5.41) is 17.5. The van der Waals surface area contributed by atoms with E-state index >= 15 is 0 Å². The molecule has 0 aromatic heterocycles. The highest BCUT2D eigenvalue weighted by atomic mass is 14.3. The number of rotatable bonds is 2. The molecule has 0 bridgehead atoms. The van der Waals surface area contributed by atoms with Crippen molar-refractivity contribution in [3.8, 4) is 12.1 Å². The van der Waals surface area contributed by atoms with Gasteiger partial charge in [-0.3, -0.25) is 0 Å². The van der Waals surface area contributed by atoms with Crippen LogP contribution in [-0.4, -0.2) is 0 Å². The lowest BCUT2D eigenvalue weighted by atomic mass is 9.92. The topological polar surface area (TPSA) is 47.6 Å². The molecule has 0 spiro atoms. The zero-order valence-electron chi connectivity index (χ0n) is 9.33. The van der Waals surface area contributed by atoms with Gasteiger partial charge in [-0.1, -0.05) is 17.7 Å². The van der Waals surface area contributed by atoms with Gasteiger partial charge in [0.15, 0.2) is 0 Å². The van der Waals surface area contributed by atoms with E-state index in [4.69, 9.17) is 10.5 Å². The highest BCUT2D eigenvalue weighted by molar-refractivity contribution is 5.38. The standard InChI is InChI=1S/C13H14N2/c1-9-4-10(2)13(11(3)5-9)6-12(7-14)8-15/h4-5,12H,6H2,1-3H3. The Hall–Kier alpha value is -1.80. The number of benzene rings is 1. The van der Waals surface area contributed by atoms with Crippen LogP contribution in [0.1, 0.15) is 22.3 Å². The molecule has 76 valence electrons. The van der Waals surface area contributed by atoms with E-state index in [0.717, 1.165) is 5.56 Å². The Morgan fingerprint density at radius 3 is 1.93 bits per heavy atom. The summed E-state index contributed by atoms with van der Waals surface area (Å²) in [6, 6.07) is 8.20. The summed E-state index contributed by atoms with van der Waals surface area (Å²) in [6.07, 6.45) is 0.533. The van der Waals surface area contributed by atoms with Gasteiger partial charge in [0, 0.05) is 6.42 Å². The molecule has 1 aromatic carbocycles. The molecule has 0 N–H and O–H groups in total. The van der Waals surface area contributed by atoms with Crippen LogP contribution in [0, 0.1) is 49.4 Å². The first-order chi connectivity index (χ1) is 7.08. The van der Waals surface area contributed by atoms with E-state index in [1.54, 1.807) is 0 Å². The van der Waals surface area contributed by atoms with Crippen LogP contribution in [0.15, 0.2) is 12.1 Å². The number of aryl methyl sites for hydroxylation is 3. The van der Waals surface area contributed by atoms with Crippen LogP contribution in [0.25, 0.3) is 0 Å². The summed E-state index contributed by atoms with van der Waals surface area (Å²) in [6.45, 7) is 6.11. The number of nitriles is 2. The van der Waals surface area contributed by atoms with Gasteiger partial charge in [-0.2, -0.15) is 10.5 Å². The van der Waals surface area contributed by atoms with Crippen molar-refractivity contribution in [1.29, 1.82) is 10.5 Å². The minimum atomic E-state index is -0.537. The van der Waals surface area contributed by atoms with E-state index in [1.165, 1.54) is 16.7 Å². The molecule has 0 radical (unpaired) electrons. The molecule has 0 aliphatic rings. The first-order valence-corrected chi connectivity index (χ1v) is 4.94. The van der Waals surface area contributed by atoms with Crippen molar-refractivity contribution in [2.75, 3.05) is 0 Å². The second-order valence-electron chi connectivity index (χ2n) is 3.89. The lowest BCUT2D eigenvalue weighted by Gasteiger charge is -2.11. The Kier molecular flexibility index (Phi) is 3.47. The van der Waals surface area contributed by atoms with Gasteiger partial charge in [0.2, 0.25) is 0 Å². The molecule has 2 heteroatoms. The molecule has 0 unspecified atom stereocenters. The Labute approximate surface area is 90.8 Å². The van der Waals surface area contributed by atoms with Gasteiger partial charge in [-0.05, 0) is 37.5 Å². The van der Waals surface area contributed by atoms with Crippen molar-refractivity contribution in [3.63, 3.8) is 0 Å². The highest BCUT2D eigenvalue weighted by Crippen LogP contribution is 2.19. The number of hydrogen-bond acceptors (Lipinski definition) is 2. The number of hydrogen-bond donors (Lipinski definition) is 0. The molecule has 0 fully saturated rings. The largest absolute Gasteiger partial charge is 0.197 e. The molecule has 0 saturated carbocycles. The molecule has 15 heavy (non-hydrogen) atoms. The lowest BCUT2D eigenvalue weighted by molar-refractivity contribution is 0.821. The molecular weight excluding hydrogens is 184 g/mol. The van der Waals surface area contributed by atoms with E-state index in [0.29, 0.717) is 6.42 Å². The van der Waals surface area contributed by atoms with Gasteiger partial charge in [-0.25, -0.2) is 0 Å². The van der Waals surface area contributed by atoms with Crippen molar-refractivity contribution >= 4 is 0 Å². The molecule has 1 rings (SSSR count). The fraction of sp³-hybridized carbons (Fsp3) is 0.385.